The van der Waals surface area contributed by atoms with Crippen molar-refractivity contribution in [1.82, 2.24) is 4.90 Å². The van der Waals surface area contributed by atoms with Crippen LogP contribution in [-0.4, -0.2) is 30.9 Å². The number of carbonyl (C=O) groups excluding carboxylic acids is 1. The molecule has 1 saturated carbocycles. The van der Waals surface area contributed by atoms with Gasteiger partial charge in [0.15, 0.2) is 0 Å². The van der Waals surface area contributed by atoms with E-state index in [2.05, 4.69) is 13.8 Å². The molecule has 0 unspecified atom stereocenters. The van der Waals surface area contributed by atoms with E-state index in [-0.39, 0.29) is 11.3 Å². The van der Waals surface area contributed by atoms with Crippen molar-refractivity contribution in [2.75, 3.05) is 20.1 Å². The van der Waals surface area contributed by atoms with E-state index in [1.165, 1.54) is 19.3 Å². The third kappa shape index (κ3) is 4.60. The van der Waals surface area contributed by atoms with Gasteiger partial charge in [-0.3, -0.25) is 4.79 Å². The topological polar surface area (TPSA) is 46.3 Å². The van der Waals surface area contributed by atoms with E-state index in [0.717, 1.165) is 25.8 Å². The smallest absolute Gasteiger partial charge is 0.222 e. The highest BCUT2D eigenvalue weighted by atomic mass is 16.2. The summed E-state index contributed by atoms with van der Waals surface area (Å²) in [5, 5.41) is 0. The first-order chi connectivity index (χ1) is 8.49. The Balaban J connectivity index is 2.45. The van der Waals surface area contributed by atoms with Crippen LogP contribution in [0.4, 0.5) is 0 Å². The first kappa shape index (κ1) is 15.5. The second-order valence-corrected chi connectivity index (χ2v) is 6.44. The first-order valence-electron chi connectivity index (χ1n) is 7.43. The Hall–Kier alpha value is -0.570. The van der Waals surface area contributed by atoms with Gasteiger partial charge in [0, 0.05) is 20.0 Å². The van der Waals surface area contributed by atoms with Gasteiger partial charge < -0.3 is 10.6 Å². The van der Waals surface area contributed by atoms with Gasteiger partial charge in [0.1, 0.15) is 0 Å². The van der Waals surface area contributed by atoms with Crippen LogP contribution in [0.25, 0.3) is 0 Å². The molecule has 3 heteroatoms. The summed E-state index contributed by atoms with van der Waals surface area (Å²) in [5.74, 6) is 0.932. The summed E-state index contributed by atoms with van der Waals surface area (Å²) in [6.45, 7) is 5.93. The number of rotatable bonds is 6. The second kappa shape index (κ2) is 7.13. The minimum absolute atomic E-state index is 0.0986. The Kier molecular flexibility index (Phi) is 6.13. The lowest BCUT2D eigenvalue weighted by atomic mass is 9.71. The number of carbonyl (C=O) groups is 1. The lowest BCUT2D eigenvalue weighted by Crippen LogP contribution is -2.39. The van der Waals surface area contributed by atoms with Gasteiger partial charge in [-0.1, -0.05) is 33.1 Å². The van der Waals surface area contributed by atoms with Gasteiger partial charge in [-0.05, 0) is 37.1 Å². The molecule has 1 rings (SSSR count). The number of nitrogens with zero attached hydrogens (tertiary/aromatic N) is 1. The van der Waals surface area contributed by atoms with Crippen LogP contribution in [0.1, 0.15) is 58.8 Å². The molecule has 2 N–H and O–H groups in total. The van der Waals surface area contributed by atoms with Crippen LogP contribution in [0.5, 0.6) is 0 Å². The van der Waals surface area contributed by atoms with E-state index in [0.29, 0.717) is 18.9 Å². The van der Waals surface area contributed by atoms with Gasteiger partial charge in [-0.15, -0.1) is 0 Å². The highest BCUT2D eigenvalue weighted by Gasteiger charge is 2.33. The molecule has 1 fully saturated rings. The monoisotopic (exact) mass is 254 g/mol. The molecule has 1 aliphatic carbocycles. The van der Waals surface area contributed by atoms with Crippen molar-refractivity contribution in [3.05, 3.63) is 0 Å². The van der Waals surface area contributed by atoms with Crippen molar-refractivity contribution in [1.29, 1.82) is 0 Å². The lowest BCUT2D eigenvalue weighted by Gasteiger charge is -2.36. The summed E-state index contributed by atoms with van der Waals surface area (Å²) in [6.07, 6.45) is 7.77. The van der Waals surface area contributed by atoms with Crippen LogP contribution in [0.3, 0.4) is 0 Å². The summed E-state index contributed by atoms with van der Waals surface area (Å²) in [7, 11) is 1.93. The molecular weight excluding hydrogens is 224 g/mol. The Morgan fingerprint density at radius 2 is 1.89 bits per heavy atom. The van der Waals surface area contributed by atoms with Crippen molar-refractivity contribution in [2.45, 2.75) is 58.8 Å². The van der Waals surface area contributed by atoms with Crippen LogP contribution < -0.4 is 5.73 Å². The molecule has 0 spiro atoms. The molecule has 0 saturated heterocycles. The lowest BCUT2D eigenvalue weighted by molar-refractivity contribution is -0.133. The van der Waals surface area contributed by atoms with Crippen molar-refractivity contribution in [3.63, 3.8) is 0 Å². The minimum Gasteiger partial charge on any atom is -0.346 e. The maximum absolute atomic E-state index is 12.3. The first-order valence-corrected chi connectivity index (χ1v) is 7.43. The summed E-state index contributed by atoms with van der Waals surface area (Å²) in [6, 6.07) is 0. The summed E-state index contributed by atoms with van der Waals surface area (Å²) in [4.78, 5) is 14.2. The molecule has 0 aromatic heterocycles. The molecule has 0 aromatic carbocycles. The Morgan fingerprint density at radius 3 is 2.39 bits per heavy atom. The molecule has 0 heterocycles. The zero-order chi connectivity index (χ0) is 13.6. The minimum atomic E-state index is 0.0986. The maximum atomic E-state index is 12.3. The number of nitrogens with two attached hydrogens (primary N) is 1. The van der Waals surface area contributed by atoms with E-state index < -0.39 is 0 Å². The number of amides is 1. The average molecular weight is 254 g/mol. The van der Waals surface area contributed by atoms with Gasteiger partial charge >= 0.3 is 0 Å². The number of hydrogen-bond acceptors (Lipinski definition) is 2. The van der Waals surface area contributed by atoms with Crippen LogP contribution in [0, 0.1) is 11.3 Å². The predicted octanol–water partition coefficient (Wildman–Crippen LogP) is 2.79. The van der Waals surface area contributed by atoms with E-state index in [9.17, 15) is 4.79 Å². The fraction of sp³-hybridized carbons (Fsp3) is 0.933. The highest BCUT2D eigenvalue weighted by molar-refractivity contribution is 5.76. The van der Waals surface area contributed by atoms with E-state index in [4.69, 9.17) is 5.73 Å². The standard InChI is InChI=1S/C15H30N2O/c1-13(2)7-10-17(3)14(18)11-15(12-16)8-5-4-6-9-15/h13H,4-12,16H2,1-3H3. The molecule has 0 aliphatic heterocycles. The molecule has 18 heavy (non-hydrogen) atoms. The number of hydrogen-bond donors (Lipinski definition) is 1. The SMILES string of the molecule is CC(C)CCN(C)C(=O)CC1(CN)CCCCC1. The summed E-state index contributed by atoms with van der Waals surface area (Å²) in [5.41, 5.74) is 6.04. The molecular formula is C15H30N2O. The fourth-order valence-electron chi connectivity index (χ4n) is 2.79. The summed E-state index contributed by atoms with van der Waals surface area (Å²) < 4.78 is 0. The molecule has 0 radical (unpaired) electrons. The fourth-order valence-corrected chi connectivity index (χ4v) is 2.79. The zero-order valence-electron chi connectivity index (χ0n) is 12.4. The van der Waals surface area contributed by atoms with Gasteiger partial charge in [-0.25, -0.2) is 0 Å². The Morgan fingerprint density at radius 1 is 1.28 bits per heavy atom. The average Bonchev–Trinajstić information content (AvgIpc) is 2.36. The molecule has 0 bridgehead atoms. The van der Waals surface area contributed by atoms with Crippen LogP contribution >= 0.6 is 0 Å². The molecule has 3 nitrogen and oxygen atoms in total. The van der Waals surface area contributed by atoms with E-state index >= 15 is 0 Å². The summed E-state index contributed by atoms with van der Waals surface area (Å²) >= 11 is 0. The Bertz CT molecular complexity index is 257. The molecule has 1 aliphatic rings. The quantitative estimate of drug-likeness (QED) is 0.792. The molecule has 106 valence electrons. The zero-order valence-corrected chi connectivity index (χ0v) is 12.4. The van der Waals surface area contributed by atoms with Crippen LogP contribution in [-0.2, 0) is 4.79 Å². The van der Waals surface area contributed by atoms with E-state index in [1.54, 1.807) is 0 Å². The third-order valence-electron chi connectivity index (χ3n) is 4.34. The maximum Gasteiger partial charge on any atom is 0.222 e. The highest BCUT2D eigenvalue weighted by Crippen LogP contribution is 2.38. The van der Waals surface area contributed by atoms with Gasteiger partial charge in [-0.2, -0.15) is 0 Å². The largest absolute Gasteiger partial charge is 0.346 e. The van der Waals surface area contributed by atoms with Crippen molar-refractivity contribution < 1.29 is 4.79 Å². The second-order valence-electron chi connectivity index (χ2n) is 6.44. The molecule has 1 amide bonds. The normalized spacial score (nSPS) is 18.9. The van der Waals surface area contributed by atoms with Crippen LogP contribution in [0.2, 0.25) is 0 Å². The van der Waals surface area contributed by atoms with Crippen molar-refractivity contribution >= 4 is 5.91 Å². The van der Waals surface area contributed by atoms with Gasteiger partial charge in [0.05, 0.1) is 0 Å². The Labute approximate surface area is 112 Å². The van der Waals surface area contributed by atoms with Crippen molar-refractivity contribution in [3.8, 4) is 0 Å². The molecule has 0 aromatic rings. The van der Waals surface area contributed by atoms with Gasteiger partial charge in [0.25, 0.3) is 0 Å². The van der Waals surface area contributed by atoms with Crippen molar-refractivity contribution in [2.24, 2.45) is 17.1 Å². The predicted molar refractivity (Wildman–Crippen MR) is 76.3 cm³/mol. The van der Waals surface area contributed by atoms with Crippen LogP contribution in [0.15, 0.2) is 0 Å². The third-order valence-corrected chi connectivity index (χ3v) is 4.34. The van der Waals surface area contributed by atoms with E-state index in [1.807, 2.05) is 11.9 Å². The molecule has 0 atom stereocenters. The van der Waals surface area contributed by atoms with Gasteiger partial charge in [0.2, 0.25) is 5.91 Å².